The first kappa shape index (κ1) is 24.0. The quantitative estimate of drug-likeness (QED) is 0.300. The summed E-state index contributed by atoms with van der Waals surface area (Å²) in [6, 6.07) is 12.5. The van der Waals surface area contributed by atoms with Crippen molar-refractivity contribution in [1.82, 2.24) is 15.1 Å². The van der Waals surface area contributed by atoms with Crippen LogP contribution in [-0.4, -0.2) is 67.8 Å². The molecule has 35 heavy (non-hydrogen) atoms. The van der Waals surface area contributed by atoms with E-state index < -0.39 is 0 Å². The number of nitriles is 1. The van der Waals surface area contributed by atoms with Crippen LogP contribution in [0.5, 0.6) is 17.2 Å². The lowest BCUT2D eigenvalue weighted by Crippen LogP contribution is -2.60. The van der Waals surface area contributed by atoms with Gasteiger partial charge in [-0.15, -0.1) is 0 Å². The molecule has 10 heteroatoms. The Kier molecular flexibility index (Phi) is 7.45. The molecule has 0 saturated carbocycles. The highest BCUT2D eigenvalue weighted by Gasteiger charge is 2.34. The van der Waals surface area contributed by atoms with Gasteiger partial charge in [-0.1, -0.05) is 26.0 Å². The molecule has 2 amide bonds. The number of nitrogens with one attached hydrogen (secondary N) is 2. The van der Waals surface area contributed by atoms with Gasteiger partial charge < -0.3 is 29.3 Å². The van der Waals surface area contributed by atoms with Crippen molar-refractivity contribution in [3.05, 3.63) is 42.5 Å². The van der Waals surface area contributed by atoms with Crippen LogP contribution in [0.15, 0.2) is 47.5 Å². The number of fused-ring (bicyclic) bond motifs is 1. The lowest BCUT2D eigenvalue weighted by atomic mass is 10.00. The molecule has 2 aliphatic heterocycles. The summed E-state index contributed by atoms with van der Waals surface area (Å²) in [5, 5.41) is 15.1. The van der Waals surface area contributed by atoms with Crippen molar-refractivity contribution in [1.29, 1.82) is 5.26 Å². The number of rotatable bonds is 4. The van der Waals surface area contributed by atoms with Crippen LogP contribution in [0, 0.1) is 17.4 Å². The normalized spacial score (nSPS) is 17.6. The topological polar surface area (TPSA) is 111 Å². The fourth-order valence-corrected chi connectivity index (χ4v) is 4.20. The summed E-state index contributed by atoms with van der Waals surface area (Å²) in [5.74, 6) is 2.54. The molecular formula is C25H30N6O4. The standard InChI is InChI=1S/C25H30N6O4/c1-17(2)20-15-30(25(32)28-18-8-9-22-23(14-18)35-13-12-34-22)10-11-31(20)24(27-16-26)29-19-6-4-5-7-21(19)33-3/h4-9,14,17,20H,10-13,15H2,1-3H3,(H,27,29)(H,28,32). The Morgan fingerprint density at radius 1 is 1.17 bits per heavy atom. The highest BCUT2D eigenvalue weighted by atomic mass is 16.6. The number of amides is 2. The SMILES string of the molecule is COc1ccccc1N=C(NC#N)N1CCN(C(=O)Nc2ccc3c(c2)OCCO3)CC1C(C)C. The van der Waals surface area contributed by atoms with Crippen LogP contribution in [0.3, 0.4) is 0 Å². The van der Waals surface area contributed by atoms with Crippen LogP contribution in [0.2, 0.25) is 0 Å². The summed E-state index contributed by atoms with van der Waals surface area (Å²) in [5.41, 5.74) is 1.27. The molecule has 0 aromatic heterocycles. The van der Waals surface area contributed by atoms with Gasteiger partial charge in [-0.05, 0) is 30.2 Å². The number of urea groups is 1. The zero-order valence-corrected chi connectivity index (χ0v) is 20.2. The van der Waals surface area contributed by atoms with E-state index in [0.29, 0.717) is 67.4 Å². The van der Waals surface area contributed by atoms with Crippen molar-refractivity contribution < 1.29 is 19.0 Å². The third-order valence-electron chi connectivity index (χ3n) is 6.02. The Morgan fingerprint density at radius 2 is 1.94 bits per heavy atom. The summed E-state index contributed by atoms with van der Waals surface area (Å²) in [4.78, 5) is 21.6. The second-order valence-electron chi connectivity index (χ2n) is 8.58. The molecule has 1 fully saturated rings. The lowest BCUT2D eigenvalue weighted by molar-refractivity contribution is 0.118. The number of anilines is 1. The van der Waals surface area contributed by atoms with Crippen LogP contribution in [-0.2, 0) is 0 Å². The van der Waals surface area contributed by atoms with Crippen LogP contribution < -0.4 is 24.8 Å². The van der Waals surface area contributed by atoms with Crippen molar-refractivity contribution in [2.24, 2.45) is 10.9 Å². The Morgan fingerprint density at radius 3 is 2.69 bits per heavy atom. The number of methoxy groups -OCH3 is 1. The summed E-state index contributed by atoms with van der Waals surface area (Å²) in [7, 11) is 1.59. The number of para-hydroxylation sites is 2. The van der Waals surface area contributed by atoms with Crippen LogP contribution >= 0.6 is 0 Å². The number of guanidine groups is 1. The molecule has 1 atom stereocenters. The second kappa shape index (κ2) is 10.9. The van der Waals surface area contributed by atoms with Crippen molar-refractivity contribution in [2.45, 2.75) is 19.9 Å². The van der Waals surface area contributed by atoms with Crippen molar-refractivity contribution >= 4 is 23.4 Å². The van der Waals surface area contributed by atoms with E-state index in [-0.39, 0.29) is 18.0 Å². The second-order valence-corrected chi connectivity index (χ2v) is 8.58. The average Bonchev–Trinajstić information content (AvgIpc) is 2.88. The van der Waals surface area contributed by atoms with Gasteiger partial charge >= 0.3 is 6.03 Å². The molecule has 2 aromatic rings. The predicted molar refractivity (Wildman–Crippen MR) is 132 cm³/mol. The van der Waals surface area contributed by atoms with Gasteiger partial charge in [0.25, 0.3) is 0 Å². The molecule has 0 radical (unpaired) electrons. The highest BCUT2D eigenvalue weighted by Crippen LogP contribution is 2.33. The molecule has 2 heterocycles. The van der Waals surface area contributed by atoms with Gasteiger partial charge in [-0.25, -0.2) is 9.79 Å². The van der Waals surface area contributed by atoms with Gasteiger partial charge in [0.1, 0.15) is 24.7 Å². The van der Waals surface area contributed by atoms with Crippen molar-refractivity contribution in [2.75, 3.05) is 45.3 Å². The lowest BCUT2D eigenvalue weighted by Gasteiger charge is -2.44. The molecule has 0 spiro atoms. The van der Waals surface area contributed by atoms with Crippen molar-refractivity contribution in [3.63, 3.8) is 0 Å². The number of piperazine rings is 1. The molecule has 2 aliphatic rings. The molecule has 2 N–H and O–H groups in total. The van der Waals surface area contributed by atoms with E-state index >= 15 is 0 Å². The molecular weight excluding hydrogens is 448 g/mol. The number of hydrogen-bond acceptors (Lipinski definition) is 6. The maximum absolute atomic E-state index is 13.1. The fourth-order valence-electron chi connectivity index (χ4n) is 4.20. The molecule has 10 nitrogen and oxygen atoms in total. The number of carbonyl (C=O) groups is 1. The van der Waals surface area contributed by atoms with Gasteiger partial charge in [0, 0.05) is 31.4 Å². The Hall–Kier alpha value is -4.13. The first-order valence-electron chi connectivity index (χ1n) is 11.6. The monoisotopic (exact) mass is 478 g/mol. The number of nitrogens with zero attached hydrogens (tertiary/aromatic N) is 4. The zero-order chi connectivity index (χ0) is 24.8. The molecule has 1 unspecified atom stereocenters. The Bertz CT molecular complexity index is 1130. The van der Waals surface area contributed by atoms with Crippen LogP contribution in [0.1, 0.15) is 13.8 Å². The summed E-state index contributed by atoms with van der Waals surface area (Å²) in [6.45, 7) is 6.64. The number of hydrogen-bond donors (Lipinski definition) is 2. The van der Waals surface area contributed by atoms with E-state index in [9.17, 15) is 10.1 Å². The average molecular weight is 479 g/mol. The minimum Gasteiger partial charge on any atom is -0.494 e. The van der Waals surface area contributed by atoms with E-state index in [2.05, 4.69) is 24.5 Å². The summed E-state index contributed by atoms with van der Waals surface area (Å²) >= 11 is 0. The molecule has 4 rings (SSSR count). The van der Waals surface area contributed by atoms with Gasteiger partial charge in [0.05, 0.1) is 13.2 Å². The number of aliphatic imine (C=N–C) groups is 1. The molecule has 0 aliphatic carbocycles. The summed E-state index contributed by atoms with van der Waals surface area (Å²) in [6.07, 6.45) is 2.00. The first-order chi connectivity index (χ1) is 17.0. The van der Waals surface area contributed by atoms with Gasteiger partial charge in [-0.2, -0.15) is 5.26 Å². The Balaban J connectivity index is 1.50. The molecule has 184 valence electrons. The van der Waals surface area contributed by atoms with E-state index in [1.807, 2.05) is 35.4 Å². The highest BCUT2D eigenvalue weighted by molar-refractivity contribution is 5.90. The largest absolute Gasteiger partial charge is 0.494 e. The summed E-state index contributed by atoms with van der Waals surface area (Å²) < 4.78 is 16.6. The van der Waals surface area contributed by atoms with Gasteiger partial charge in [-0.3, -0.25) is 5.32 Å². The maximum atomic E-state index is 13.1. The fraction of sp³-hybridized carbons (Fsp3) is 0.400. The number of benzene rings is 2. The number of ether oxygens (including phenoxy) is 3. The van der Waals surface area contributed by atoms with Crippen LogP contribution in [0.4, 0.5) is 16.2 Å². The minimum absolute atomic E-state index is 0.0518. The minimum atomic E-state index is -0.191. The van der Waals surface area contributed by atoms with Gasteiger partial charge in [0.15, 0.2) is 17.7 Å². The zero-order valence-electron chi connectivity index (χ0n) is 20.2. The first-order valence-corrected chi connectivity index (χ1v) is 11.6. The van der Waals surface area contributed by atoms with E-state index in [4.69, 9.17) is 19.2 Å². The molecule has 2 aromatic carbocycles. The predicted octanol–water partition coefficient (Wildman–Crippen LogP) is 3.40. The van der Waals surface area contributed by atoms with E-state index in [0.717, 1.165) is 0 Å². The third kappa shape index (κ3) is 5.51. The van der Waals surface area contributed by atoms with E-state index in [1.54, 1.807) is 30.2 Å². The molecule has 1 saturated heterocycles. The molecule has 0 bridgehead atoms. The third-order valence-corrected chi connectivity index (χ3v) is 6.02. The van der Waals surface area contributed by atoms with Gasteiger partial charge in [0.2, 0.25) is 5.96 Å². The smallest absolute Gasteiger partial charge is 0.321 e. The Labute approximate surface area is 205 Å². The maximum Gasteiger partial charge on any atom is 0.321 e. The number of carbonyl (C=O) groups excluding carboxylic acids is 1. The van der Waals surface area contributed by atoms with Crippen LogP contribution in [0.25, 0.3) is 0 Å². The van der Waals surface area contributed by atoms with E-state index in [1.165, 1.54) is 0 Å². The van der Waals surface area contributed by atoms with Crippen molar-refractivity contribution in [3.8, 4) is 23.4 Å².